The highest BCUT2D eigenvalue weighted by Gasteiger charge is 2.12. The Hall–Kier alpha value is -1.52. The Morgan fingerprint density at radius 1 is 1.19 bits per heavy atom. The van der Waals surface area contributed by atoms with Crippen molar-refractivity contribution in [2.24, 2.45) is 0 Å². The van der Waals surface area contributed by atoms with Gasteiger partial charge in [0.25, 0.3) is 0 Å². The molecule has 0 aliphatic carbocycles. The maximum atomic E-state index is 6.17. The first kappa shape index (κ1) is 15.9. The summed E-state index contributed by atoms with van der Waals surface area (Å²) in [6, 6.07) is 3.61. The second-order valence-electron chi connectivity index (χ2n) is 4.99. The minimum atomic E-state index is 0.580. The van der Waals surface area contributed by atoms with Crippen LogP contribution in [0.4, 0.5) is 0 Å². The topological polar surface area (TPSA) is 50.7 Å². The first-order chi connectivity index (χ1) is 10.1. The molecular formula is C16H21ClN4. The molecule has 0 aromatic carbocycles. The van der Waals surface area contributed by atoms with Gasteiger partial charge in [0.2, 0.25) is 0 Å². The van der Waals surface area contributed by atoms with Crippen LogP contribution in [0.3, 0.4) is 0 Å². The van der Waals surface area contributed by atoms with Crippen LogP contribution in [0.5, 0.6) is 0 Å². The van der Waals surface area contributed by atoms with Crippen molar-refractivity contribution in [3.8, 4) is 11.5 Å². The fourth-order valence-electron chi connectivity index (χ4n) is 2.32. The summed E-state index contributed by atoms with van der Waals surface area (Å²) in [5.74, 6) is 0.603. The van der Waals surface area contributed by atoms with Crippen molar-refractivity contribution in [3.05, 3.63) is 40.3 Å². The largest absolute Gasteiger partial charge is 0.317 e. The van der Waals surface area contributed by atoms with Crippen LogP contribution in [-0.2, 0) is 6.42 Å². The summed E-state index contributed by atoms with van der Waals surface area (Å²) in [4.78, 5) is 13.5. The highest BCUT2D eigenvalue weighted by molar-refractivity contribution is 6.32. The van der Waals surface area contributed by atoms with Crippen molar-refractivity contribution in [3.63, 3.8) is 0 Å². The number of nitrogens with zero attached hydrogens (tertiary/aromatic N) is 3. The molecular weight excluding hydrogens is 284 g/mol. The van der Waals surface area contributed by atoms with Crippen LogP contribution in [0.1, 0.15) is 30.3 Å². The van der Waals surface area contributed by atoms with E-state index < -0.39 is 0 Å². The Morgan fingerprint density at radius 3 is 2.52 bits per heavy atom. The molecule has 0 spiro atoms. The van der Waals surface area contributed by atoms with Crippen LogP contribution in [-0.4, -0.2) is 28.0 Å². The number of aryl methyl sites for hydroxylation is 2. The minimum absolute atomic E-state index is 0.580. The smallest absolute Gasteiger partial charge is 0.180 e. The van der Waals surface area contributed by atoms with Gasteiger partial charge in [-0.25, -0.2) is 9.97 Å². The van der Waals surface area contributed by atoms with Crippen LogP contribution < -0.4 is 5.32 Å². The molecule has 4 nitrogen and oxygen atoms in total. The molecule has 0 bridgehead atoms. The summed E-state index contributed by atoms with van der Waals surface area (Å²) in [5, 5.41) is 3.91. The Morgan fingerprint density at radius 2 is 1.90 bits per heavy atom. The number of halogens is 1. The van der Waals surface area contributed by atoms with Gasteiger partial charge in [-0.2, -0.15) is 0 Å². The van der Waals surface area contributed by atoms with E-state index in [0.717, 1.165) is 37.3 Å². The predicted octanol–water partition coefficient (Wildman–Crippen LogP) is 3.35. The molecule has 0 radical (unpaired) electrons. The quantitative estimate of drug-likeness (QED) is 0.832. The molecule has 0 atom stereocenters. The fraction of sp³-hybridized carbons (Fsp3) is 0.438. The molecule has 0 fully saturated rings. The molecule has 0 amide bonds. The van der Waals surface area contributed by atoms with E-state index in [0.29, 0.717) is 16.5 Å². The average molecular weight is 305 g/mol. The molecule has 2 rings (SSSR count). The molecule has 2 heterocycles. The van der Waals surface area contributed by atoms with E-state index in [-0.39, 0.29) is 0 Å². The fourth-order valence-corrected chi connectivity index (χ4v) is 2.53. The molecule has 2 aromatic heterocycles. The Balaban J connectivity index is 2.23. The summed E-state index contributed by atoms with van der Waals surface area (Å²) in [5.41, 5.74) is 3.89. The Kier molecular flexibility index (Phi) is 5.65. The van der Waals surface area contributed by atoms with Gasteiger partial charge in [0, 0.05) is 17.6 Å². The van der Waals surface area contributed by atoms with Crippen molar-refractivity contribution < 1.29 is 0 Å². The second-order valence-corrected chi connectivity index (χ2v) is 5.39. The van der Waals surface area contributed by atoms with Gasteiger partial charge in [-0.3, -0.25) is 4.98 Å². The van der Waals surface area contributed by atoms with E-state index in [2.05, 4.69) is 27.2 Å². The standard InChI is InChI=1S/C16H21ClN4/c1-4-18-9-5-7-13-11(2)20-16(21-12(13)3)15-14(17)8-6-10-19-15/h6,8,10,18H,4-5,7,9H2,1-3H3. The third-order valence-electron chi connectivity index (χ3n) is 3.42. The summed E-state index contributed by atoms with van der Waals surface area (Å²) >= 11 is 6.17. The molecule has 0 saturated carbocycles. The van der Waals surface area contributed by atoms with Crippen molar-refractivity contribution in [2.45, 2.75) is 33.6 Å². The molecule has 21 heavy (non-hydrogen) atoms. The second kappa shape index (κ2) is 7.48. The Bertz CT molecular complexity index is 590. The molecule has 1 N–H and O–H groups in total. The summed E-state index contributed by atoms with van der Waals surface area (Å²) in [7, 11) is 0. The average Bonchev–Trinajstić information content (AvgIpc) is 2.46. The molecule has 5 heteroatoms. The van der Waals surface area contributed by atoms with Crippen molar-refractivity contribution in [1.82, 2.24) is 20.3 Å². The molecule has 0 unspecified atom stereocenters. The lowest BCUT2D eigenvalue weighted by atomic mass is 10.1. The SMILES string of the molecule is CCNCCCc1c(C)nc(-c2ncccc2Cl)nc1C. The predicted molar refractivity (Wildman–Crippen MR) is 86.6 cm³/mol. The highest BCUT2D eigenvalue weighted by Crippen LogP contribution is 2.24. The van der Waals surface area contributed by atoms with E-state index in [1.54, 1.807) is 12.3 Å². The van der Waals surface area contributed by atoms with Gasteiger partial charge in [0.15, 0.2) is 5.82 Å². The third kappa shape index (κ3) is 3.99. The van der Waals surface area contributed by atoms with E-state index >= 15 is 0 Å². The van der Waals surface area contributed by atoms with Crippen LogP contribution in [0.2, 0.25) is 5.02 Å². The molecule has 2 aromatic rings. The van der Waals surface area contributed by atoms with Gasteiger partial charge in [-0.15, -0.1) is 0 Å². The van der Waals surface area contributed by atoms with E-state index in [4.69, 9.17) is 11.6 Å². The van der Waals surface area contributed by atoms with E-state index in [9.17, 15) is 0 Å². The monoisotopic (exact) mass is 304 g/mol. The third-order valence-corrected chi connectivity index (χ3v) is 3.73. The van der Waals surface area contributed by atoms with E-state index in [1.165, 1.54) is 5.56 Å². The maximum Gasteiger partial charge on any atom is 0.180 e. The minimum Gasteiger partial charge on any atom is -0.317 e. The van der Waals surface area contributed by atoms with Gasteiger partial charge in [-0.05, 0) is 57.5 Å². The number of rotatable bonds is 6. The maximum absolute atomic E-state index is 6.17. The Labute approximate surface area is 131 Å². The number of hydrogen-bond acceptors (Lipinski definition) is 4. The van der Waals surface area contributed by atoms with Crippen LogP contribution in [0.15, 0.2) is 18.3 Å². The summed E-state index contributed by atoms with van der Waals surface area (Å²) < 4.78 is 0. The molecule has 0 aliphatic rings. The zero-order chi connectivity index (χ0) is 15.2. The zero-order valence-corrected chi connectivity index (χ0v) is 13.5. The van der Waals surface area contributed by atoms with Crippen LogP contribution >= 0.6 is 11.6 Å². The van der Waals surface area contributed by atoms with Gasteiger partial charge in [0.05, 0.1) is 5.02 Å². The molecule has 0 aliphatic heterocycles. The van der Waals surface area contributed by atoms with Gasteiger partial charge in [0.1, 0.15) is 5.69 Å². The lowest BCUT2D eigenvalue weighted by molar-refractivity contribution is 0.667. The number of pyridine rings is 1. The van der Waals surface area contributed by atoms with E-state index in [1.807, 2.05) is 19.9 Å². The van der Waals surface area contributed by atoms with Crippen LogP contribution in [0, 0.1) is 13.8 Å². The number of nitrogens with one attached hydrogen (secondary N) is 1. The van der Waals surface area contributed by atoms with Crippen LogP contribution in [0.25, 0.3) is 11.5 Å². The summed E-state index contributed by atoms with van der Waals surface area (Å²) in [6.45, 7) is 8.19. The van der Waals surface area contributed by atoms with Gasteiger partial charge in [-0.1, -0.05) is 18.5 Å². The lowest BCUT2D eigenvalue weighted by Crippen LogP contribution is -2.15. The zero-order valence-electron chi connectivity index (χ0n) is 12.8. The van der Waals surface area contributed by atoms with Crippen molar-refractivity contribution in [2.75, 3.05) is 13.1 Å². The first-order valence-electron chi connectivity index (χ1n) is 7.29. The lowest BCUT2D eigenvalue weighted by Gasteiger charge is -2.11. The number of hydrogen-bond donors (Lipinski definition) is 1. The van der Waals surface area contributed by atoms with Gasteiger partial charge < -0.3 is 5.32 Å². The highest BCUT2D eigenvalue weighted by atomic mass is 35.5. The van der Waals surface area contributed by atoms with Crippen molar-refractivity contribution in [1.29, 1.82) is 0 Å². The first-order valence-corrected chi connectivity index (χ1v) is 7.67. The normalized spacial score (nSPS) is 10.9. The van der Waals surface area contributed by atoms with Gasteiger partial charge >= 0.3 is 0 Å². The van der Waals surface area contributed by atoms with Crippen molar-refractivity contribution >= 4 is 11.6 Å². The molecule has 0 saturated heterocycles. The summed E-state index contributed by atoms with van der Waals surface area (Å²) in [6.07, 6.45) is 3.78. The molecule has 112 valence electrons. The number of aromatic nitrogens is 3.